The van der Waals surface area contributed by atoms with Crippen LogP contribution in [0.15, 0.2) is 45.6 Å². The number of fused-ring (bicyclic) bond motifs is 3. The van der Waals surface area contributed by atoms with Gasteiger partial charge in [0.1, 0.15) is 0 Å². The van der Waals surface area contributed by atoms with Crippen molar-refractivity contribution in [2.24, 2.45) is 0 Å². The van der Waals surface area contributed by atoms with Crippen molar-refractivity contribution in [1.82, 2.24) is 0 Å². The van der Waals surface area contributed by atoms with Gasteiger partial charge < -0.3 is 4.42 Å². The maximum Gasteiger partial charge on any atom is 0.607 e. The molecule has 3 rings (SSSR count). The molecule has 0 aliphatic rings. The molecule has 1 aromatic carbocycles. The zero-order valence-corrected chi connectivity index (χ0v) is 16.7. The van der Waals surface area contributed by atoms with Crippen LogP contribution in [0, 0.1) is 0 Å². The third-order valence-corrected chi connectivity index (χ3v) is 8.17. The van der Waals surface area contributed by atoms with Gasteiger partial charge in [-0.15, -0.1) is 0 Å². The summed E-state index contributed by atoms with van der Waals surface area (Å²) >= 11 is 0. The normalized spacial score (nSPS) is 13.0. The Kier molecular flexibility index (Phi) is 3.61. The van der Waals surface area contributed by atoms with E-state index in [4.69, 9.17) is 4.42 Å². The number of rotatable bonds is 2. The number of hydrogen-bond donors (Lipinski definition) is 0. The van der Waals surface area contributed by atoms with Crippen molar-refractivity contribution in [1.29, 1.82) is 0 Å². The van der Waals surface area contributed by atoms with E-state index in [0.29, 0.717) is 0 Å². The SMILES string of the molecule is C[Si](C)(C)c1cccc2c1oc(=O)[n+]1c([Si](C)(C)C)cccc21. The summed E-state index contributed by atoms with van der Waals surface area (Å²) in [5.41, 5.74) is 1.72. The topological polar surface area (TPSA) is 34.3 Å². The van der Waals surface area contributed by atoms with E-state index in [1.165, 1.54) is 5.19 Å². The lowest BCUT2D eigenvalue weighted by atomic mass is 10.2. The first-order valence-corrected chi connectivity index (χ1v) is 15.0. The van der Waals surface area contributed by atoms with Crippen LogP contribution in [0.4, 0.5) is 0 Å². The average molecular weight is 343 g/mol. The first kappa shape index (κ1) is 16.1. The average Bonchev–Trinajstić information content (AvgIpc) is 2.44. The van der Waals surface area contributed by atoms with Gasteiger partial charge >= 0.3 is 5.76 Å². The van der Waals surface area contributed by atoms with Crippen LogP contribution in [0.5, 0.6) is 0 Å². The number of para-hydroxylation sites is 1. The highest BCUT2D eigenvalue weighted by molar-refractivity contribution is 6.90. The van der Waals surface area contributed by atoms with E-state index in [-0.39, 0.29) is 5.76 Å². The van der Waals surface area contributed by atoms with Crippen LogP contribution in [0.3, 0.4) is 0 Å². The summed E-state index contributed by atoms with van der Waals surface area (Å²) in [6.45, 7) is 13.6. The molecule has 0 bridgehead atoms. The Morgan fingerprint density at radius 2 is 1.52 bits per heavy atom. The van der Waals surface area contributed by atoms with Gasteiger partial charge in [-0.3, -0.25) is 0 Å². The number of aromatic nitrogens is 1. The highest BCUT2D eigenvalue weighted by Crippen LogP contribution is 2.17. The second-order valence-electron chi connectivity index (χ2n) is 8.18. The molecule has 3 aromatic rings. The quantitative estimate of drug-likeness (QED) is 0.408. The van der Waals surface area contributed by atoms with Crippen molar-refractivity contribution >= 4 is 43.1 Å². The first-order valence-electron chi connectivity index (χ1n) is 8.02. The maximum atomic E-state index is 12.8. The molecule has 2 aromatic heterocycles. The van der Waals surface area contributed by atoms with E-state index in [2.05, 4.69) is 69.6 Å². The Morgan fingerprint density at radius 3 is 2.13 bits per heavy atom. The van der Waals surface area contributed by atoms with E-state index in [0.717, 1.165) is 21.8 Å². The Labute approximate surface area is 138 Å². The number of pyridine rings is 1. The summed E-state index contributed by atoms with van der Waals surface area (Å²) in [4.78, 5) is 12.8. The summed E-state index contributed by atoms with van der Waals surface area (Å²) in [5, 5.41) is 3.33. The number of nitrogens with zero attached hydrogens (tertiary/aromatic N) is 1. The molecule has 0 spiro atoms. The fourth-order valence-corrected chi connectivity index (χ4v) is 6.02. The van der Waals surface area contributed by atoms with Gasteiger partial charge in [-0.1, -0.05) is 55.8 Å². The van der Waals surface area contributed by atoms with Gasteiger partial charge in [0.2, 0.25) is 5.52 Å². The van der Waals surface area contributed by atoms with Gasteiger partial charge in [0, 0.05) is 6.07 Å². The van der Waals surface area contributed by atoms with Gasteiger partial charge in [0.25, 0.3) is 0 Å². The summed E-state index contributed by atoms with van der Waals surface area (Å²) in [6.07, 6.45) is 0. The molecule has 0 fully saturated rings. The molecule has 0 radical (unpaired) electrons. The van der Waals surface area contributed by atoms with E-state index < -0.39 is 16.1 Å². The van der Waals surface area contributed by atoms with E-state index in [1.807, 2.05) is 6.07 Å². The minimum Gasteiger partial charge on any atom is -0.371 e. The Balaban J connectivity index is 2.55. The highest BCUT2D eigenvalue weighted by atomic mass is 28.3. The van der Waals surface area contributed by atoms with Crippen molar-refractivity contribution in [3.8, 4) is 0 Å². The van der Waals surface area contributed by atoms with Crippen LogP contribution >= 0.6 is 0 Å². The highest BCUT2D eigenvalue weighted by Gasteiger charge is 2.31. The fourth-order valence-electron chi connectivity index (χ4n) is 3.07. The van der Waals surface area contributed by atoms with Crippen molar-refractivity contribution in [2.45, 2.75) is 39.3 Å². The van der Waals surface area contributed by atoms with Crippen molar-refractivity contribution in [3.63, 3.8) is 0 Å². The van der Waals surface area contributed by atoms with Crippen LogP contribution in [0.2, 0.25) is 39.3 Å². The van der Waals surface area contributed by atoms with Gasteiger partial charge in [-0.05, 0) is 23.4 Å². The fraction of sp³-hybridized carbons (Fsp3) is 0.333. The molecule has 0 aliphatic carbocycles. The molecule has 0 N–H and O–H groups in total. The molecule has 0 aliphatic heterocycles. The second kappa shape index (κ2) is 5.14. The smallest absolute Gasteiger partial charge is 0.371 e. The zero-order chi connectivity index (χ0) is 17.0. The maximum absolute atomic E-state index is 12.8. The molecule has 0 atom stereocenters. The molecule has 5 heteroatoms. The van der Waals surface area contributed by atoms with Crippen molar-refractivity contribution in [2.75, 3.05) is 0 Å². The van der Waals surface area contributed by atoms with Crippen LogP contribution in [-0.4, -0.2) is 16.1 Å². The predicted octanol–water partition coefficient (Wildman–Crippen LogP) is 2.62. The zero-order valence-electron chi connectivity index (χ0n) is 14.7. The molecule has 3 nitrogen and oxygen atoms in total. The third-order valence-electron chi connectivity index (χ3n) is 4.23. The summed E-state index contributed by atoms with van der Waals surface area (Å²) < 4.78 is 7.61. The minimum absolute atomic E-state index is 0.267. The molecule has 120 valence electrons. The van der Waals surface area contributed by atoms with E-state index >= 15 is 0 Å². The van der Waals surface area contributed by atoms with Crippen molar-refractivity contribution in [3.05, 3.63) is 46.9 Å². The van der Waals surface area contributed by atoms with Crippen LogP contribution in [0.25, 0.3) is 16.5 Å². The molecular formula is C18H24NO2Si2+. The van der Waals surface area contributed by atoms with Gasteiger partial charge in [0.05, 0.1) is 13.5 Å². The Bertz CT molecular complexity index is 963. The number of hydrogen-bond acceptors (Lipinski definition) is 2. The summed E-state index contributed by atoms with van der Waals surface area (Å²) in [5.74, 6) is -0.267. The van der Waals surface area contributed by atoms with Crippen LogP contribution in [0.1, 0.15) is 0 Å². The third kappa shape index (κ3) is 2.68. The molecule has 0 saturated heterocycles. The van der Waals surface area contributed by atoms with Crippen LogP contribution in [-0.2, 0) is 0 Å². The van der Waals surface area contributed by atoms with Gasteiger partial charge in [0.15, 0.2) is 19.0 Å². The molecule has 23 heavy (non-hydrogen) atoms. The molecule has 0 saturated carbocycles. The predicted molar refractivity (Wildman–Crippen MR) is 102 cm³/mol. The van der Waals surface area contributed by atoms with Gasteiger partial charge in [-0.25, -0.2) is 0 Å². The Hall–Kier alpha value is -1.73. The van der Waals surface area contributed by atoms with E-state index in [1.54, 1.807) is 4.40 Å². The van der Waals surface area contributed by atoms with Crippen molar-refractivity contribution < 1.29 is 8.82 Å². The van der Waals surface area contributed by atoms with Crippen LogP contribution < -0.4 is 20.7 Å². The first-order chi connectivity index (χ1) is 10.6. The standard InChI is InChI=1S/C18H24NO2Si2/c1-22(2,3)15-11-7-9-13-14-10-8-12-16(23(4,5)6)19(14)18(20)21-17(13)15/h7-12H,1-6H3/q+1. The number of benzene rings is 1. The molecule has 0 amide bonds. The lowest BCUT2D eigenvalue weighted by Gasteiger charge is -2.17. The second-order valence-corrected chi connectivity index (χ2v) is 18.2. The largest absolute Gasteiger partial charge is 0.607 e. The van der Waals surface area contributed by atoms with E-state index in [9.17, 15) is 4.79 Å². The minimum atomic E-state index is -1.66. The van der Waals surface area contributed by atoms with Gasteiger partial charge in [-0.2, -0.15) is 4.79 Å². The lowest BCUT2D eigenvalue weighted by Crippen LogP contribution is -2.62. The molecule has 2 heterocycles. The lowest BCUT2D eigenvalue weighted by molar-refractivity contribution is -0.524. The molecule has 0 unspecified atom stereocenters. The summed E-state index contributed by atoms with van der Waals surface area (Å²) in [7, 11) is -3.25. The Morgan fingerprint density at radius 1 is 0.870 bits per heavy atom. The monoisotopic (exact) mass is 342 g/mol. The summed E-state index contributed by atoms with van der Waals surface area (Å²) in [6, 6.07) is 12.4. The molecular weight excluding hydrogens is 318 g/mol.